The van der Waals surface area contributed by atoms with Crippen molar-refractivity contribution in [2.75, 3.05) is 13.7 Å². The van der Waals surface area contributed by atoms with Crippen LogP contribution in [0.5, 0.6) is 5.75 Å². The number of imidazole rings is 1. The Morgan fingerprint density at radius 2 is 1.90 bits per heavy atom. The lowest BCUT2D eigenvalue weighted by atomic mass is 10.1. The molecule has 7 heteroatoms. The zero-order valence-corrected chi connectivity index (χ0v) is 18.2. The number of hydrogen-bond acceptors (Lipinski definition) is 3. The molecular formula is C23H23Cl2N3O2. The Hall–Kier alpha value is -2.24. The van der Waals surface area contributed by atoms with E-state index in [0.717, 1.165) is 41.1 Å². The van der Waals surface area contributed by atoms with Gasteiger partial charge in [-0.05, 0) is 36.2 Å². The second-order valence-electron chi connectivity index (χ2n) is 8.25. The Bertz CT molecular complexity index is 1090. The van der Waals surface area contributed by atoms with Crippen molar-refractivity contribution in [3.8, 4) is 5.75 Å². The van der Waals surface area contributed by atoms with Gasteiger partial charge in [-0.2, -0.15) is 0 Å². The first kappa shape index (κ1) is 19.7. The Morgan fingerprint density at radius 1 is 1.17 bits per heavy atom. The number of aromatic nitrogens is 2. The lowest BCUT2D eigenvalue weighted by Crippen LogP contribution is -2.24. The van der Waals surface area contributed by atoms with Crippen LogP contribution >= 0.6 is 23.2 Å². The number of halogens is 2. The number of nitrogens with zero attached hydrogens (tertiary/aromatic N) is 3. The van der Waals surface area contributed by atoms with Crippen molar-refractivity contribution in [1.29, 1.82) is 0 Å². The van der Waals surface area contributed by atoms with E-state index in [1.165, 1.54) is 0 Å². The molecule has 1 aliphatic heterocycles. The minimum atomic E-state index is -0.644. The predicted molar refractivity (Wildman–Crippen MR) is 118 cm³/mol. The Labute approximate surface area is 185 Å². The van der Waals surface area contributed by atoms with E-state index in [1.54, 1.807) is 7.11 Å². The number of amides is 1. The van der Waals surface area contributed by atoms with Crippen molar-refractivity contribution in [3.05, 3.63) is 59.9 Å². The summed E-state index contributed by atoms with van der Waals surface area (Å²) in [5.74, 6) is 2.20. The fraction of sp³-hybridized carbons (Fsp3) is 0.391. The first-order valence-electron chi connectivity index (χ1n) is 10.2. The lowest BCUT2D eigenvalue weighted by Gasteiger charge is -2.18. The summed E-state index contributed by atoms with van der Waals surface area (Å²) in [6, 6.07) is 15.9. The van der Waals surface area contributed by atoms with Crippen molar-refractivity contribution in [2.24, 2.45) is 5.92 Å². The quantitative estimate of drug-likeness (QED) is 0.516. The maximum absolute atomic E-state index is 12.8. The summed E-state index contributed by atoms with van der Waals surface area (Å²) < 4.78 is 6.80. The highest BCUT2D eigenvalue weighted by atomic mass is 35.5. The molecule has 1 amide bonds. The molecule has 2 heterocycles. The van der Waals surface area contributed by atoms with Crippen LogP contribution in [0.4, 0.5) is 0 Å². The minimum absolute atomic E-state index is 0.0574. The van der Waals surface area contributed by atoms with Gasteiger partial charge in [0.15, 0.2) is 0 Å². The van der Waals surface area contributed by atoms with Crippen LogP contribution in [0.15, 0.2) is 48.5 Å². The molecule has 5 rings (SSSR count). The van der Waals surface area contributed by atoms with Crippen molar-refractivity contribution in [1.82, 2.24) is 14.5 Å². The molecule has 0 radical (unpaired) electrons. The molecule has 5 nitrogen and oxygen atoms in total. The van der Waals surface area contributed by atoms with Crippen LogP contribution in [0, 0.1) is 5.92 Å². The summed E-state index contributed by atoms with van der Waals surface area (Å²) in [6.07, 6.45) is 1.26. The molecule has 2 atom stereocenters. The van der Waals surface area contributed by atoms with Crippen LogP contribution < -0.4 is 4.74 Å². The molecule has 2 fully saturated rings. The highest BCUT2D eigenvalue weighted by Crippen LogP contribution is 2.54. The Balaban J connectivity index is 1.39. The maximum Gasteiger partial charge on any atom is 0.223 e. The lowest BCUT2D eigenvalue weighted by molar-refractivity contribution is -0.128. The van der Waals surface area contributed by atoms with Crippen LogP contribution in [-0.2, 0) is 17.9 Å². The monoisotopic (exact) mass is 443 g/mol. The third kappa shape index (κ3) is 3.65. The molecule has 1 saturated carbocycles. The number of para-hydroxylation sites is 2. The molecule has 2 aliphatic rings. The third-order valence-electron chi connectivity index (χ3n) is 6.15. The molecule has 0 spiro atoms. The zero-order valence-electron chi connectivity index (χ0n) is 16.7. The average Bonchev–Trinajstić information content (AvgIpc) is 3.03. The molecule has 0 N–H and O–H groups in total. The number of rotatable bonds is 6. The first-order chi connectivity index (χ1) is 14.4. The van der Waals surface area contributed by atoms with Gasteiger partial charge in [0.25, 0.3) is 0 Å². The van der Waals surface area contributed by atoms with Gasteiger partial charge in [0.2, 0.25) is 5.91 Å². The second-order valence-corrected chi connectivity index (χ2v) is 9.80. The van der Waals surface area contributed by atoms with Gasteiger partial charge < -0.3 is 14.2 Å². The number of carbonyl (C=O) groups is 1. The Morgan fingerprint density at radius 3 is 2.60 bits per heavy atom. The van der Waals surface area contributed by atoms with Crippen molar-refractivity contribution < 1.29 is 9.53 Å². The molecule has 1 saturated heterocycles. The van der Waals surface area contributed by atoms with E-state index in [2.05, 4.69) is 10.6 Å². The average molecular weight is 444 g/mol. The van der Waals surface area contributed by atoms with Crippen LogP contribution in [0.1, 0.15) is 30.1 Å². The standard InChI is InChI=1S/C23H23Cl2N3O2/c1-30-18-8-6-15(7-9-18)12-27-13-16(10-21(27)29)22-26-19-4-2-3-5-20(19)28(22)14-17-11-23(17,24)25/h2-9,16-17H,10-14H2,1H3/t16-,17+/m0/s1. The maximum atomic E-state index is 12.8. The smallest absolute Gasteiger partial charge is 0.223 e. The van der Waals surface area contributed by atoms with E-state index in [9.17, 15) is 4.79 Å². The molecule has 2 aromatic carbocycles. The van der Waals surface area contributed by atoms with E-state index in [4.69, 9.17) is 32.9 Å². The van der Waals surface area contributed by atoms with Crippen LogP contribution in [0.3, 0.4) is 0 Å². The number of methoxy groups -OCH3 is 1. The van der Waals surface area contributed by atoms with Crippen molar-refractivity contribution >= 4 is 40.1 Å². The molecule has 3 aromatic rings. The highest BCUT2D eigenvalue weighted by molar-refractivity contribution is 6.50. The number of carbonyl (C=O) groups excluding carboxylic acids is 1. The number of fused-ring (bicyclic) bond motifs is 1. The largest absolute Gasteiger partial charge is 0.497 e. The van der Waals surface area contributed by atoms with E-state index >= 15 is 0 Å². The zero-order chi connectivity index (χ0) is 20.9. The van der Waals surface area contributed by atoms with Crippen molar-refractivity contribution in [3.63, 3.8) is 0 Å². The van der Waals surface area contributed by atoms with E-state index in [0.29, 0.717) is 19.5 Å². The van der Waals surface area contributed by atoms with Crippen molar-refractivity contribution in [2.45, 2.75) is 36.2 Å². The van der Waals surface area contributed by atoms with Gasteiger partial charge in [0.1, 0.15) is 15.9 Å². The number of hydrogen-bond donors (Lipinski definition) is 0. The van der Waals surface area contributed by atoms with Gasteiger partial charge in [-0.25, -0.2) is 4.98 Å². The fourth-order valence-corrected chi connectivity index (χ4v) is 4.85. The van der Waals surface area contributed by atoms with Gasteiger partial charge in [-0.3, -0.25) is 4.79 Å². The van der Waals surface area contributed by atoms with Gasteiger partial charge in [-0.1, -0.05) is 24.3 Å². The van der Waals surface area contributed by atoms with E-state index in [1.807, 2.05) is 47.4 Å². The number of ether oxygens (including phenoxy) is 1. The molecule has 0 unspecified atom stereocenters. The Kier molecular flexibility index (Phi) is 4.91. The third-order valence-corrected chi connectivity index (χ3v) is 7.08. The molecule has 1 aliphatic carbocycles. The van der Waals surface area contributed by atoms with Crippen LogP contribution in [0.2, 0.25) is 0 Å². The summed E-state index contributed by atoms with van der Waals surface area (Å²) >= 11 is 12.6. The summed E-state index contributed by atoms with van der Waals surface area (Å²) in [6.45, 7) is 1.98. The van der Waals surface area contributed by atoms with Crippen LogP contribution in [-0.4, -0.2) is 38.3 Å². The topological polar surface area (TPSA) is 47.4 Å². The second kappa shape index (κ2) is 7.47. The number of benzene rings is 2. The van der Waals surface area contributed by atoms with Gasteiger partial charge >= 0.3 is 0 Å². The van der Waals surface area contributed by atoms with Gasteiger partial charge in [0, 0.05) is 37.9 Å². The number of likely N-dealkylation sites (tertiary alicyclic amines) is 1. The van der Waals surface area contributed by atoms with E-state index < -0.39 is 4.33 Å². The van der Waals surface area contributed by atoms with Crippen LogP contribution in [0.25, 0.3) is 11.0 Å². The molecule has 156 valence electrons. The minimum Gasteiger partial charge on any atom is -0.497 e. The summed E-state index contributed by atoms with van der Waals surface area (Å²) in [4.78, 5) is 19.6. The number of alkyl halides is 2. The summed E-state index contributed by atoms with van der Waals surface area (Å²) in [5.41, 5.74) is 3.11. The molecule has 30 heavy (non-hydrogen) atoms. The van der Waals surface area contributed by atoms with Gasteiger partial charge in [-0.15, -0.1) is 23.2 Å². The molecular weight excluding hydrogens is 421 g/mol. The van der Waals surface area contributed by atoms with E-state index in [-0.39, 0.29) is 17.7 Å². The molecule has 1 aromatic heterocycles. The molecule has 0 bridgehead atoms. The summed E-state index contributed by atoms with van der Waals surface area (Å²) in [7, 11) is 1.65. The van der Waals surface area contributed by atoms with Gasteiger partial charge in [0.05, 0.1) is 18.1 Å². The summed E-state index contributed by atoms with van der Waals surface area (Å²) in [5, 5.41) is 0. The highest BCUT2D eigenvalue weighted by Gasteiger charge is 2.52. The normalized spacial score (nSPS) is 22.6. The fourth-order valence-electron chi connectivity index (χ4n) is 4.34. The SMILES string of the molecule is COc1ccc(CN2C[C@@H](c3nc4ccccc4n3C[C@H]3CC3(Cl)Cl)CC2=O)cc1. The first-order valence-corrected chi connectivity index (χ1v) is 10.9. The predicted octanol–water partition coefficient (Wildman–Crippen LogP) is 4.75.